The van der Waals surface area contributed by atoms with E-state index < -0.39 is 0 Å². The van der Waals surface area contributed by atoms with Gasteiger partial charge in [0.25, 0.3) is 5.91 Å². The summed E-state index contributed by atoms with van der Waals surface area (Å²) in [5.41, 5.74) is 1.52. The van der Waals surface area contributed by atoms with Crippen molar-refractivity contribution in [1.29, 1.82) is 0 Å². The summed E-state index contributed by atoms with van der Waals surface area (Å²) >= 11 is 0. The van der Waals surface area contributed by atoms with Crippen LogP contribution in [-0.2, 0) is 0 Å². The van der Waals surface area contributed by atoms with Gasteiger partial charge >= 0.3 is 0 Å². The summed E-state index contributed by atoms with van der Waals surface area (Å²) in [6.45, 7) is 2.91. The Morgan fingerprint density at radius 1 is 1.25 bits per heavy atom. The maximum absolute atomic E-state index is 12.0. The highest BCUT2D eigenvalue weighted by Crippen LogP contribution is 2.21. The van der Waals surface area contributed by atoms with Gasteiger partial charge in [0.1, 0.15) is 11.4 Å². The lowest BCUT2D eigenvalue weighted by molar-refractivity contribution is 0.0949. The van der Waals surface area contributed by atoms with Gasteiger partial charge in [0, 0.05) is 23.5 Å². The molecule has 1 aromatic carbocycles. The number of rotatable bonds is 7. The third kappa shape index (κ3) is 3.53. The van der Waals surface area contributed by atoms with Crippen LogP contribution in [0.5, 0.6) is 5.75 Å². The number of hydrogen-bond acceptors (Lipinski definition) is 2. The maximum atomic E-state index is 12.0. The molecule has 108 valence electrons. The first kappa shape index (κ1) is 14.4. The molecule has 0 saturated carbocycles. The average Bonchev–Trinajstić information content (AvgIpc) is 2.89. The standard InChI is InChI=1S/C16H22N2O2/c1-3-4-5-6-9-17-16(19)15-10-12-7-8-13(20-2)11-14(12)18-15/h7-8,10-11,18H,3-6,9H2,1-2H3,(H,17,19). The van der Waals surface area contributed by atoms with Gasteiger partial charge in [0.15, 0.2) is 0 Å². The zero-order valence-electron chi connectivity index (χ0n) is 12.2. The monoisotopic (exact) mass is 274 g/mol. The number of carbonyl (C=O) groups is 1. The zero-order chi connectivity index (χ0) is 14.4. The highest BCUT2D eigenvalue weighted by molar-refractivity contribution is 5.98. The molecule has 0 saturated heterocycles. The number of ether oxygens (including phenoxy) is 1. The minimum atomic E-state index is -0.0448. The van der Waals surface area contributed by atoms with Crippen LogP contribution in [0, 0.1) is 0 Å². The predicted molar refractivity (Wildman–Crippen MR) is 81.3 cm³/mol. The van der Waals surface area contributed by atoms with Crippen LogP contribution in [0.1, 0.15) is 43.1 Å². The third-order valence-corrected chi connectivity index (χ3v) is 3.39. The van der Waals surface area contributed by atoms with Crippen LogP contribution < -0.4 is 10.1 Å². The maximum Gasteiger partial charge on any atom is 0.267 e. The van der Waals surface area contributed by atoms with Crippen molar-refractivity contribution < 1.29 is 9.53 Å². The van der Waals surface area contributed by atoms with Crippen molar-refractivity contribution >= 4 is 16.8 Å². The quantitative estimate of drug-likeness (QED) is 0.759. The summed E-state index contributed by atoms with van der Waals surface area (Å²) < 4.78 is 5.17. The summed E-state index contributed by atoms with van der Waals surface area (Å²) in [6, 6.07) is 7.61. The Morgan fingerprint density at radius 2 is 2.10 bits per heavy atom. The molecule has 2 N–H and O–H groups in total. The number of hydrogen-bond donors (Lipinski definition) is 2. The number of fused-ring (bicyclic) bond motifs is 1. The van der Waals surface area contributed by atoms with E-state index in [2.05, 4.69) is 17.2 Å². The highest BCUT2D eigenvalue weighted by Gasteiger charge is 2.09. The van der Waals surface area contributed by atoms with Crippen molar-refractivity contribution in [1.82, 2.24) is 10.3 Å². The van der Waals surface area contributed by atoms with E-state index in [9.17, 15) is 4.79 Å². The van der Waals surface area contributed by atoms with Crippen LogP contribution in [0.4, 0.5) is 0 Å². The van der Waals surface area contributed by atoms with E-state index in [0.717, 1.165) is 29.6 Å². The first-order valence-electron chi connectivity index (χ1n) is 7.19. The second-order valence-electron chi connectivity index (χ2n) is 4.95. The molecule has 0 aliphatic carbocycles. The molecule has 0 bridgehead atoms. The van der Waals surface area contributed by atoms with Crippen molar-refractivity contribution in [3.8, 4) is 5.75 Å². The van der Waals surface area contributed by atoms with E-state index in [1.54, 1.807) is 7.11 Å². The Kier molecular flexibility index (Phi) is 5.04. The molecule has 0 fully saturated rings. The molecule has 2 aromatic rings. The van der Waals surface area contributed by atoms with Gasteiger partial charge < -0.3 is 15.0 Å². The molecule has 0 aliphatic heterocycles. The van der Waals surface area contributed by atoms with Gasteiger partial charge in [-0.25, -0.2) is 0 Å². The lowest BCUT2D eigenvalue weighted by Crippen LogP contribution is -2.24. The molecule has 4 heteroatoms. The molecule has 1 heterocycles. The predicted octanol–water partition coefficient (Wildman–Crippen LogP) is 3.49. The lowest BCUT2D eigenvalue weighted by Gasteiger charge is -2.02. The molecule has 0 unspecified atom stereocenters. The molecule has 0 radical (unpaired) electrons. The molecule has 0 atom stereocenters. The lowest BCUT2D eigenvalue weighted by atomic mass is 10.2. The summed E-state index contributed by atoms with van der Waals surface area (Å²) in [4.78, 5) is 15.2. The Balaban J connectivity index is 1.96. The highest BCUT2D eigenvalue weighted by atomic mass is 16.5. The van der Waals surface area contributed by atoms with Gasteiger partial charge in [0.2, 0.25) is 0 Å². The van der Waals surface area contributed by atoms with Crippen molar-refractivity contribution in [3.63, 3.8) is 0 Å². The van der Waals surface area contributed by atoms with E-state index in [-0.39, 0.29) is 5.91 Å². The Morgan fingerprint density at radius 3 is 2.85 bits per heavy atom. The molecular weight excluding hydrogens is 252 g/mol. The number of nitrogens with one attached hydrogen (secondary N) is 2. The molecule has 1 amide bonds. The van der Waals surface area contributed by atoms with E-state index in [0.29, 0.717) is 5.69 Å². The number of amides is 1. The minimum Gasteiger partial charge on any atom is -0.497 e. The number of aromatic nitrogens is 1. The Labute approximate surface area is 119 Å². The number of benzene rings is 1. The number of carbonyl (C=O) groups excluding carboxylic acids is 1. The van der Waals surface area contributed by atoms with Gasteiger partial charge in [-0.05, 0) is 24.6 Å². The van der Waals surface area contributed by atoms with Crippen molar-refractivity contribution in [3.05, 3.63) is 30.0 Å². The minimum absolute atomic E-state index is 0.0448. The van der Waals surface area contributed by atoms with E-state index >= 15 is 0 Å². The van der Waals surface area contributed by atoms with Gasteiger partial charge in [-0.2, -0.15) is 0 Å². The average molecular weight is 274 g/mol. The normalized spacial score (nSPS) is 10.7. The van der Waals surface area contributed by atoms with Crippen molar-refractivity contribution in [2.75, 3.05) is 13.7 Å². The van der Waals surface area contributed by atoms with Crippen molar-refractivity contribution in [2.24, 2.45) is 0 Å². The zero-order valence-corrected chi connectivity index (χ0v) is 12.2. The molecule has 1 aromatic heterocycles. The smallest absolute Gasteiger partial charge is 0.267 e. The van der Waals surface area contributed by atoms with Gasteiger partial charge in [0.05, 0.1) is 7.11 Å². The van der Waals surface area contributed by atoms with Gasteiger partial charge in [-0.1, -0.05) is 26.2 Å². The topological polar surface area (TPSA) is 54.1 Å². The number of H-pyrrole nitrogens is 1. The fourth-order valence-electron chi connectivity index (χ4n) is 2.20. The molecular formula is C16H22N2O2. The number of unbranched alkanes of at least 4 members (excludes halogenated alkanes) is 3. The summed E-state index contributed by atoms with van der Waals surface area (Å²) in [7, 11) is 1.63. The molecule has 20 heavy (non-hydrogen) atoms. The fraction of sp³-hybridized carbons (Fsp3) is 0.438. The first-order chi connectivity index (χ1) is 9.74. The molecule has 0 aliphatic rings. The second-order valence-corrected chi connectivity index (χ2v) is 4.95. The van der Waals surface area contributed by atoms with Crippen LogP contribution in [0.2, 0.25) is 0 Å². The Bertz CT molecular complexity index is 575. The van der Waals surface area contributed by atoms with E-state index in [4.69, 9.17) is 4.74 Å². The fourth-order valence-corrected chi connectivity index (χ4v) is 2.20. The van der Waals surface area contributed by atoms with Crippen LogP contribution >= 0.6 is 0 Å². The second kappa shape index (κ2) is 6.98. The summed E-state index contributed by atoms with van der Waals surface area (Å²) in [5.74, 6) is 0.738. The van der Waals surface area contributed by atoms with Crippen LogP contribution in [-0.4, -0.2) is 24.5 Å². The third-order valence-electron chi connectivity index (χ3n) is 3.39. The SMILES string of the molecule is CCCCCCNC(=O)c1cc2ccc(OC)cc2[nH]1. The number of methoxy groups -OCH3 is 1. The summed E-state index contributed by atoms with van der Waals surface area (Å²) in [5, 5.41) is 3.96. The first-order valence-corrected chi connectivity index (χ1v) is 7.19. The van der Waals surface area contributed by atoms with Crippen LogP contribution in [0.3, 0.4) is 0 Å². The Hall–Kier alpha value is -1.97. The van der Waals surface area contributed by atoms with Crippen LogP contribution in [0.15, 0.2) is 24.3 Å². The molecule has 2 rings (SSSR count). The molecule has 0 spiro atoms. The van der Waals surface area contributed by atoms with E-state index in [1.165, 1.54) is 19.3 Å². The molecule has 4 nitrogen and oxygen atoms in total. The largest absolute Gasteiger partial charge is 0.497 e. The van der Waals surface area contributed by atoms with Gasteiger partial charge in [-0.15, -0.1) is 0 Å². The summed E-state index contributed by atoms with van der Waals surface area (Å²) in [6.07, 6.45) is 4.63. The number of aromatic amines is 1. The van der Waals surface area contributed by atoms with Crippen molar-refractivity contribution in [2.45, 2.75) is 32.6 Å². The van der Waals surface area contributed by atoms with Gasteiger partial charge in [-0.3, -0.25) is 4.79 Å². The van der Waals surface area contributed by atoms with Crippen LogP contribution in [0.25, 0.3) is 10.9 Å². The van der Waals surface area contributed by atoms with E-state index in [1.807, 2.05) is 24.3 Å².